The van der Waals surface area contributed by atoms with Gasteiger partial charge in [0, 0.05) is 18.3 Å². The fourth-order valence-corrected chi connectivity index (χ4v) is 4.01. The van der Waals surface area contributed by atoms with Gasteiger partial charge in [-0.25, -0.2) is 0 Å². The van der Waals surface area contributed by atoms with Crippen LogP contribution in [0.5, 0.6) is 0 Å². The van der Waals surface area contributed by atoms with E-state index in [0.717, 1.165) is 25.7 Å². The summed E-state index contributed by atoms with van der Waals surface area (Å²) in [6.45, 7) is 0. The summed E-state index contributed by atoms with van der Waals surface area (Å²) in [7, 11) is 0. The van der Waals surface area contributed by atoms with Crippen LogP contribution in [-0.2, 0) is 4.79 Å². The molecule has 0 unspecified atom stereocenters. The molecule has 3 aliphatic rings. The Labute approximate surface area is 96.3 Å². The Balaban J connectivity index is 1.86. The number of carbonyl (C=O) groups excluding carboxylic acids is 1. The van der Waals surface area contributed by atoms with Crippen molar-refractivity contribution in [3.63, 3.8) is 0 Å². The molecule has 2 saturated carbocycles. The highest BCUT2D eigenvalue weighted by molar-refractivity contribution is 5.84. The summed E-state index contributed by atoms with van der Waals surface area (Å²) in [6, 6.07) is 2.41. The second-order valence-corrected chi connectivity index (χ2v) is 5.56. The van der Waals surface area contributed by atoms with Crippen molar-refractivity contribution in [3.8, 4) is 6.07 Å². The van der Waals surface area contributed by atoms with Gasteiger partial charge in [0.15, 0.2) is 0 Å². The van der Waals surface area contributed by atoms with Gasteiger partial charge in [-0.05, 0) is 43.4 Å². The third kappa shape index (κ3) is 1.42. The van der Waals surface area contributed by atoms with Crippen LogP contribution in [0.3, 0.4) is 0 Å². The summed E-state index contributed by atoms with van der Waals surface area (Å²) < 4.78 is 0. The minimum absolute atomic E-state index is 0.187. The maximum absolute atomic E-state index is 11.9. The van der Waals surface area contributed by atoms with Crippen LogP contribution in [0.4, 0.5) is 0 Å². The van der Waals surface area contributed by atoms with Crippen LogP contribution in [0.1, 0.15) is 32.1 Å². The molecule has 0 heterocycles. The summed E-state index contributed by atoms with van der Waals surface area (Å²) in [6.07, 6.45) is 9.45. The van der Waals surface area contributed by atoms with Crippen molar-refractivity contribution in [3.05, 3.63) is 12.2 Å². The van der Waals surface area contributed by atoms with Crippen LogP contribution in [0.2, 0.25) is 0 Å². The SMILES string of the molecule is N#C[C@@H]1C[C@H]2[C@H]3CCCC(=O)[C@@H]3C=C[C@H]2C1. The molecular weight excluding hydrogens is 198 g/mol. The zero-order valence-electron chi connectivity index (χ0n) is 9.43. The van der Waals surface area contributed by atoms with Crippen molar-refractivity contribution in [1.29, 1.82) is 5.26 Å². The Kier molecular flexibility index (Phi) is 2.35. The molecule has 84 valence electrons. The maximum atomic E-state index is 11.9. The van der Waals surface area contributed by atoms with Gasteiger partial charge in [0.1, 0.15) is 5.78 Å². The highest BCUT2D eigenvalue weighted by atomic mass is 16.1. The molecule has 0 amide bonds. The van der Waals surface area contributed by atoms with Gasteiger partial charge >= 0.3 is 0 Å². The Morgan fingerprint density at radius 3 is 2.94 bits per heavy atom. The number of rotatable bonds is 0. The lowest BCUT2D eigenvalue weighted by molar-refractivity contribution is -0.126. The molecule has 2 heteroatoms. The van der Waals surface area contributed by atoms with Crippen LogP contribution in [-0.4, -0.2) is 5.78 Å². The number of hydrogen-bond acceptors (Lipinski definition) is 2. The zero-order chi connectivity index (χ0) is 11.1. The molecule has 0 bridgehead atoms. The van der Waals surface area contributed by atoms with Crippen molar-refractivity contribution >= 4 is 5.78 Å². The highest BCUT2D eigenvalue weighted by Crippen LogP contribution is 2.50. The van der Waals surface area contributed by atoms with E-state index < -0.39 is 0 Å². The number of carbonyl (C=O) groups is 1. The number of hydrogen-bond donors (Lipinski definition) is 0. The van der Waals surface area contributed by atoms with E-state index in [2.05, 4.69) is 18.2 Å². The zero-order valence-corrected chi connectivity index (χ0v) is 9.43. The van der Waals surface area contributed by atoms with Crippen LogP contribution in [0, 0.1) is 40.9 Å². The number of Topliss-reactive ketones (excluding diaryl/α,β-unsaturated/α-hetero) is 1. The number of nitrogens with zero attached hydrogens (tertiary/aromatic N) is 1. The van der Waals surface area contributed by atoms with Crippen molar-refractivity contribution in [2.24, 2.45) is 29.6 Å². The van der Waals surface area contributed by atoms with E-state index >= 15 is 0 Å². The maximum Gasteiger partial charge on any atom is 0.140 e. The van der Waals surface area contributed by atoms with Gasteiger partial charge in [-0.15, -0.1) is 0 Å². The van der Waals surface area contributed by atoms with Crippen molar-refractivity contribution in [2.75, 3.05) is 0 Å². The van der Waals surface area contributed by atoms with Crippen LogP contribution in [0.25, 0.3) is 0 Å². The summed E-state index contributed by atoms with van der Waals surface area (Å²) in [5.41, 5.74) is 0. The smallest absolute Gasteiger partial charge is 0.140 e. The quantitative estimate of drug-likeness (QED) is 0.583. The van der Waals surface area contributed by atoms with E-state index in [1.807, 2.05) is 0 Å². The predicted octanol–water partition coefficient (Wildman–Crippen LogP) is 2.71. The van der Waals surface area contributed by atoms with Gasteiger partial charge in [0.2, 0.25) is 0 Å². The van der Waals surface area contributed by atoms with Gasteiger partial charge < -0.3 is 0 Å². The predicted molar refractivity (Wildman–Crippen MR) is 60.3 cm³/mol. The van der Waals surface area contributed by atoms with Crippen LogP contribution < -0.4 is 0 Å². The molecule has 3 aliphatic carbocycles. The lowest BCUT2D eigenvalue weighted by atomic mass is 9.65. The summed E-state index contributed by atoms with van der Waals surface area (Å²) in [5.74, 6) is 2.60. The molecule has 0 aliphatic heterocycles. The minimum atomic E-state index is 0.187. The first kappa shape index (κ1) is 10.1. The Morgan fingerprint density at radius 1 is 1.25 bits per heavy atom. The molecule has 0 radical (unpaired) electrons. The second-order valence-electron chi connectivity index (χ2n) is 5.56. The summed E-state index contributed by atoms with van der Waals surface area (Å²) in [4.78, 5) is 11.9. The first-order valence-electron chi connectivity index (χ1n) is 6.40. The fourth-order valence-electron chi connectivity index (χ4n) is 4.01. The molecular formula is C14H17NO. The molecule has 0 saturated heterocycles. The van der Waals surface area contributed by atoms with Crippen molar-refractivity contribution in [2.45, 2.75) is 32.1 Å². The first-order chi connectivity index (χ1) is 7.79. The lowest BCUT2D eigenvalue weighted by Crippen LogP contribution is -2.36. The van der Waals surface area contributed by atoms with Crippen molar-refractivity contribution < 1.29 is 4.79 Å². The van der Waals surface area contributed by atoms with E-state index in [0.29, 0.717) is 23.5 Å². The molecule has 2 fully saturated rings. The minimum Gasteiger partial charge on any atom is -0.299 e. The normalized spacial score (nSPS) is 45.9. The monoisotopic (exact) mass is 215 g/mol. The summed E-state index contributed by atoms with van der Waals surface area (Å²) >= 11 is 0. The molecule has 0 aromatic rings. The van der Waals surface area contributed by atoms with Gasteiger partial charge in [-0.1, -0.05) is 12.2 Å². The van der Waals surface area contributed by atoms with E-state index in [4.69, 9.17) is 5.26 Å². The van der Waals surface area contributed by atoms with Gasteiger partial charge in [0.05, 0.1) is 6.07 Å². The fraction of sp³-hybridized carbons (Fsp3) is 0.714. The molecule has 0 aromatic heterocycles. The van der Waals surface area contributed by atoms with Gasteiger partial charge in [-0.3, -0.25) is 4.79 Å². The third-order valence-electron chi connectivity index (χ3n) is 4.76. The Hall–Kier alpha value is -1.10. The topological polar surface area (TPSA) is 40.9 Å². The van der Waals surface area contributed by atoms with E-state index in [1.165, 1.54) is 6.42 Å². The number of allylic oxidation sites excluding steroid dienone is 2. The largest absolute Gasteiger partial charge is 0.299 e. The molecule has 0 spiro atoms. The third-order valence-corrected chi connectivity index (χ3v) is 4.76. The molecule has 2 nitrogen and oxygen atoms in total. The highest BCUT2D eigenvalue weighted by Gasteiger charge is 2.45. The van der Waals surface area contributed by atoms with Gasteiger partial charge in [0.25, 0.3) is 0 Å². The molecule has 0 N–H and O–H groups in total. The number of ketones is 1. The molecule has 3 rings (SSSR count). The molecule has 16 heavy (non-hydrogen) atoms. The molecule has 0 aromatic carbocycles. The van der Waals surface area contributed by atoms with E-state index in [-0.39, 0.29) is 11.8 Å². The number of fused-ring (bicyclic) bond motifs is 3. The first-order valence-corrected chi connectivity index (χ1v) is 6.40. The van der Waals surface area contributed by atoms with E-state index in [1.54, 1.807) is 0 Å². The van der Waals surface area contributed by atoms with E-state index in [9.17, 15) is 4.79 Å². The standard InChI is InChI=1S/C14H17NO/c15-8-9-6-10-4-5-12-11(13(10)7-9)2-1-3-14(12)16/h4-5,9-13H,1-3,6-7H2/t9-,10-,11-,12+,13+/m0/s1. The Bertz CT molecular complexity index is 379. The average Bonchev–Trinajstić information content (AvgIpc) is 2.72. The van der Waals surface area contributed by atoms with Crippen LogP contribution in [0.15, 0.2) is 12.2 Å². The Morgan fingerprint density at radius 2 is 2.12 bits per heavy atom. The van der Waals surface area contributed by atoms with Crippen LogP contribution >= 0.6 is 0 Å². The number of nitriles is 1. The lowest BCUT2D eigenvalue weighted by Gasteiger charge is -2.38. The molecule has 5 atom stereocenters. The second kappa shape index (κ2) is 3.73. The van der Waals surface area contributed by atoms with Gasteiger partial charge in [-0.2, -0.15) is 5.26 Å². The average molecular weight is 215 g/mol. The van der Waals surface area contributed by atoms with Crippen molar-refractivity contribution in [1.82, 2.24) is 0 Å². The summed E-state index contributed by atoms with van der Waals surface area (Å²) in [5, 5.41) is 9.02.